The van der Waals surface area contributed by atoms with Gasteiger partial charge in [0.1, 0.15) is 29.9 Å². The summed E-state index contributed by atoms with van der Waals surface area (Å²) < 4.78 is 11.8. The molecular weight excluding hydrogens is 672 g/mol. The number of rotatable bonds is 13. The fourth-order valence-electron chi connectivity index (χ4n) is 9.57. The number of Topliss-reactive ketones (excluding diaryl/α,β-unsaturated/α-hetero) is 1. The fraction of sp³-hybridized carbons (Fsp3) is 0.419. The Morgan fingerprint density at radius 3 is 2.13 bits per heavy atom. The highest BCUT2D eigenvalue weighted by atomic mass is 16.5. The molecule has 10 nitrogen and oxygen atoms in total. The molecule has 1 saturated heterocycles. The van der Waals surface area contributed by atoms with Crippen LogP contribution in [0.1, 0.15) is 102 Å². The van der Waals surface area contributed by atoms with E-state index >= 15 is 0 Å². The second kappa shape index (κ2) is 14.6. The number of nitrogens with one attached hydrogen (secondary N) is 1. The summed E-state index contributed by atoms with van der Waals surface area (Å²) in [5.74, 6) is 1.70. The van der Waals surface area contributed by atoms with Crippen molar-refractivity contribution in [1.82, 2.24) is 10.2 Å². The summed E-state index contributed by atoms with van der Waals surface area (Å²) in [6.07, 6.45) is 9.24. The Morgan fingerprint density at radius 2 is 1.45 bits per heavy atom. The van der Waals surface area contributed by atoms with Crippen LogP contribution in [0, 0.1) is 23.7 Å². The molecule has 0 spiro atoms. The number of fused-ring (bicyclic) bond motifs is 1. The summed E-state index contributed by atoms with van der Waals surface area (Å²) in [5, 5.41) is 12.2. The number of aromatic hydroxyl groups is 1. The molecule has 3 aromatic rings. The Kier molecular flexibility index (Phi) is 9.62. The molecule has 2 aliphatic heterocycles. The quantitative estimate of drug-likeness (QED) is 0.148. The molecule has 4 bridgehead atoms. The number of hydrogen-bond donors (Lipinski definition) is 2. The van der Waals surface area contributed by atoms with Crippen LogP contribution in [0.2, 0.25) is 0 Å². The van der Waals surface area contributed by atoms with E-state index in [0.717, 1.165) is 40.9 Å². The number of amides is 4. The van der Waals surface area contributed by atoms with Crippen molar-refractivity contribution in [3.8, 4) is 17.2 Å². The van der Waals surface area contributed by atoms with E-state index in [4.69, 9.17) is 9.47 Å². The van der Waals surface area contributed by atoms with Gasteiger partial charge in [0.25, 0.3) is 11.8 Å². The number of ether oxygens (including phenoxy) is 2. The molecule has 1 unspecified atom stereocenters. The highest BCUT2D eigenvalue weighted by Gasteiger charge is 2.47. The molecule has 6 aliphatic rings. The summed E-state index contributed by atoms with van der Waals surface area (Å²) >= 11 is 0. The third kappa shape index (κ3) is 6.99. The lowest BCUT2D eigenvalue weighted by molar-refractivity contribution is -0.136. The van der Waals surface area contributed by atoms with Gasteiger partial charge < -0.3 is 14.6 Å². The lowest BCUT2D eigenvalue weighted by atomic mass is 9.53. The van der Waals surface area contributed by atoms with Crippen LogP contribution in [0.3, 0.4) is 0 Å². The molecule has 4 aliphatic carbocycles. The summed E-state index contributed by atoms with van der Waals surface area (Å²) in [6, 6.07) is 19.6. The highest BCUT2D eigenvalue weighted by Crippen LogP contribution is 2.58. The van der Waals surface area contributed by atoms with E-state index in [1.54, 1.807) is 23.8 Å². The van der Waals surface area contributed by atoms with Crippen LogP contribution in [0.15, 0.2) is 72.3 Å². The number of benzene rings is 3. The van der Waals surface area contributed by atoms with Gasteiger partial charge in [0.2, 0.25) is 11.8 Å². The van der Waals surface area contributed by atoms with Crippen LogP contribution in [-0.2, 0) is 14.4 Å². The highest BCUT2D eigenvalue weighted by molar-refractivity contribution is 6.24. The maximum absolute atomic E-state index is 13.3. The molecule has 4 amide bonds. The Balaban J connectivity index is 0.813. The Hall–Kier alpha value is -5.25. The molecule has 3 aromatic carbocycles. The van der Waals surface area contributed by atoms with E-state index in [2.05, 4.69) is 17.4 Å². The van der Waals surface area contributed by atoms with E-state index in [1.807, 2.05) is 24.3 Å². The first-order chi connectivity index (χ1) is 25.7. The molecule has 4 saturated carbocycles. The molecule has 1 atom stereocenters. The first kappa shape index (κ1) is 34.8. The number of carbonyl (C=O) groups is 5. The minimum atomic E-state index is -1.07. The second-order valence-corrected chi connectivity index (χ2v) is 15.3. The zero-order chi connectivity index (χ0) is 36.6. The largest absolute Gasteiger partial charge is 0.508 e. The summed E-state index contributed by atoms with van der Waals surface area (Å²) in [4.78, 5) is 63.8. The molecule has 0 aromatic heterocycles. The van der Waals surface area contributed by atoms with Crippen LogP contribution < -0.4 is 14.8 Å². The first-order valence-electron chi connectivity index (χ1n) is 19.0. The monoisotopic (exact) mass is 716 g/mol. The SMILES string of the molecule is O=C(CCCCCOc1ccc(C(=C2C3CC4CC(C3)CC2C4)c2ccc(O)cc2)cc1)COc1cccc2c1C(=O)N(C1CCC(=O)NC1=O)C2=O. The summed E-state index contributed by atoms with van der Waals surface area (Å²) in [6.45, 7) is 0.281. The molecular formula is C43H44N2O8. The number of allylic oxidation sites excluding steroid dienone is 1. The van der Waals surface area contributed by atoms with Crippen molar-refractivity contribution in [2.75, 3.05) is 13.2 Å². The number of nitrogens with zero attached hydrogens (tertiary/aromatic N) is 1. The fourth-order valence-corrected chi connectivity index (χ4v) is 9.57. The lowest BCUT2D eigenvalue weighted by Crippen LogP contribution is -2.54. The maximum Gasteiger partial charge on any atom is 0.266 e. The van der Waals surface area contributed by atoms with Gasteiger partial charge in [-0.1, -0.05) is 35.9 Å². The van der Waals surface area contributed by atoms with Crippen LogP contribution >= 0.6 is 0 Å². The number of carbonyl (C=O) groups excluding carboxylic acids is 5. The Labute approximate surface area is 308 Å². The third-order valence-electron chi connectivity index (χ3n) is 11.8. The van der Waals surface area contributed by atoms with Crippen LogP contribution in [0.4, 0.5) is 0 Å². The van der Waals surface area contributed by atoms with E-state index in [-0.39, 0.29) is 47.9 Å². The molecule has 274 valence electrons. The third-order valence-corrected chi connectivity index (χ3v) is 11.8. The van der Waals surface area contributed by atoms with E-state index < -0.39 is 29.7 Å². The Bertz CT molecular complexity index is 1950. The van der Waals surface area contributed by atoms with Gasteiger partial charge in [-0.2, -0.15) is 0 Å². The molecule has 0 radical (unpaired) electrons. The first-order valence-corrected chi connectivity index (χ1v) is 19.0. The minimum absolute atomic E-state index is 0.0289. The van der Waals surface area contributed by atoms with Crippen molar-refractivity contribution in [3.63, 3.8) is 0 Å². The smallest absolute Gasteiger partial charge is 0.266 e. The molecule has 53 heavy (non-hydrogen) atoms. The van der Waals surface area contributed by atoms with Gasteiger partial charge in [-0.25, -0.2) is 0 Å². The topological polar surface area (TPSA) is 139 Å². The van der Waals surface area contributed by atoms with Gasteiger partial charge in [-0.15, -0.1) is 0 Å². The maximum atomic E-state index is 13.3. The predicted molar refractivity (Wildman–Crippen MR) is 195 cm³/mol. The second-order valence-electron chi connectivity index (χ2n) is 15.3. The average Bonchev–Trinajstić information content (AvgIpc) is 3.40. The molecule has 2 heterocycles. The van der Waals surface area contributed by atoms with Crippen LogP contribution in [-0.4, -0.2) is 58.7 Å². The van der Waals surface area contributed by atoms with Gasteiger partial charge in [0.15, 0.2) is 5.78 Å². The average molecular weight is 717 g/mol. The van der Waals surface area contributed by atoms with E-state index in [0.29, 0.717) is 31.3 Å². The van der Waals surface area contributed by atoms with E-state index in [1.165, 1.54) is 55.4 Å². The Morgan fingerprint density at radius 1 is 0.774 bits per heavy atom. The molecule has 10 heteroatoms. The standard InChI is InChI=1S/C43H44N2O8/c46-31-12-8-27(9-13-31)38(39-29-20-25-19-26(22-29)23-30(39)21-25)28-10-14-33(15-11-28)52-18-3-1-2-5-32(47)24-53-36-7-4-6-34-40(36)43(51)45(42(34)50)35-16-17-37(48)44-41(35)49/h4,6-15,25-26,29-30,35,46H,1-3,5,16-24H2,(H,44,48,49). The zero-order valence-electron chi connectivity index (χ0n) is 29.7. The number of ketones is 1. The normalized spacial score (nSPS) is 24.3. The summed E-state index contributed by atoms with van der Waals surface area (Å²) in [7, 11) is 0. The summed E-state index contributed by atoms with van der Waals surface area (Å²) in [5.41, 5.74) is 5.42. The van der Waals surface area contributed by atoms with Gasteiger partial charge in [0.05, 0.1) is 17.7 Å². The predicted octanol–water partition coefficient (Wildman–Crippen LogP) is 6.64. The van der Waals surface area contributed by atoms with Crippen molar-refractivity contribution in [3.05, 3.63) is 94.6 Å². The van der Waals surface area contributed by atoms with Crippen molar-refractivity contribution in [2.24, 2.45) is 23.7 Å². The lowest BCUT2D eigenvalue weighted by Gasteiger charge is -2.52. The van der Waals surface area contributed by atoms with Crippen molar-refractivity contribution < 1.29 is 38.6 Å². The number of piperidine rings is 1. The minimum Gasteiger partial charge on any atom is -0.508 e. The number of phenolic OH excluding ortho intramolecular Hbond substituents is 1. The van der Waals surface area contributed by atoms with Crippen molar-refractivity contribution in [1.29, 1.82) is 0 Å². The van der Waals surface area contributed by atoms with Crippen molar-refractivity contribution in [2.45, 2.75) is 76.7 Å². The van der Waals surface area contributed by atoms with Gasteiger partial charge in [-0.3, -0.25) is 34.2 Å². The van der Waals surface area contributed by atoms with Gasteiger partial charge in [0, 0.05) is 12.8 Å². The van der Waals surface area contributed by atoms with Crippen LogP contribution in [0.5, 0.6) is 17.2 Å². The van der Waals surface area contributed by atoms with Crippen LogP contribution in [0.25, 0.3) is 5.57 Å². The number of phenols is 1. The molecule has 2 N–H and O–H groups in total. The number of unbranched alkanes of at least 4 members (excludes halogenated alkanes) is 2. The molecule has 9 rings (SSSR count). The molecule has 5 fully saturated rings. The number of imide groups is 2. The van der Waals surface area contributed by atoms with Gasteiger partial charge in [-0.05, 0) is 135 Å². The van der Waals surface area contributed by atoms with E-state index in [9.17, 15) is 29.1 Å². The van der Waals surface area contributed by atoms with Crippen molar-refractivity contribution >= 4 is 35.0 Å². The number of hydrogen-bond acceptors (Lipinski definition) is 8. The van der Waals surface area contributed by atoms with Gasteiger partial charge >= 0.3 is 0 Å². The zero-order valence-corrected chi connectivity index (χ0v) is 29.7.